The van der Waals surface area contributed by atoms with Crippen LogP contribution in [0.2, 0.25) is 0 Å². The highest BCUT2D eigenvalue weighted by Gasteiger charge is 2.32. The van der Waals surface area contributed by atoms with Crippen molar-refractivity contribution in [1.82, 2.24) is 4.90 Å². The second-order valence-electron chi connectivity index (χ2n) is 5.70. The van der Waals surface area contributed by atoms with Crippen LogP contribution in [0.5, 0.6) is 0 Å². The van der Waals surface area contributed by atoms with E-state index >= 15 is 0 Å². The first-order chi connectivity index (χ1) is 12.9. The van der Waals surface area contributed by atoms with Gasteiger partial charge in [0.05, 0.1) is 4.91 Å². The smallest absolute Gasteiger partial charge is 0.266 e. The SMILES string of the molecule is O=C(CCN1C(=O)C(=Cc2cccc(Br)c2)SC1=S)Nc1cccc(F)c1. The van der Waals surface area contributed by atoms with Crippen molar-refractivity contribution >= 4 is 67.8 Å². The number of rotatable bonds is 5. The second kappa shape index (κ2) is 8.77. The molecule has 1 heterocycles. The van der Waals surface area contributed by atoms with Crippen LogP contribution in [-0.2, 0) is 9.59 Å². The highest BCUT2D eigenvalue weighted by molar-refractivity contribution is 9.10. The normalized spacial score (nSPS) is 15.5. The maximum absolute atomic E-state index is 13.2. The monoisotopic (exact) mass is 464 g/mol. The zero-order chi connectivity index (χ0) is 19.4. The molecule has 2 aromatic rings. The fraction of sp³-hybridized carbons (Fsp3) is 0.105. The molecular weight excluding hydrogens is 451 g/mol. The summed E-state index contributed by atoms with van der Waals surface area (Å²) in [6.07, 6.45) is 1.84. The summed E-state index contributed by atoms with van der Waals surface area (Å²) in [5, 5.41) is 2.61. The molecule has 1 aliphatic heterocycles. The molecular formula is C19H14BrFN2O2S2. The van der Waals surface area contributed by atoms with Crippen molar-refractivity contribution in [1.29, 1.82) is 0 Å². The molecule has 0 bridgehead atoms. The number of benzene rings is 2. The van der Waals surface area contributed by atoms with Crippen LogP contribution in [0, 0.1) is 5.82 Å². The molecule has 3 rings (SSSR count). The highest BCUT2D eigenvalue weighted by atomic mass is 79.9. The molecule has 1 N–H and O–H groups in total. The molecule has 1 aliphatic rings. The minimum atomic E-state index is -0.428. The number of halogens is 2. The minimum absolute atomic E-state index is 0.0626. The van der Waals surface area contributed by atoms with Crippen LogP contribution in [0.25, 0.3) is 6.08 Å². The lowest BCUT2D eigenvalue weighted by Gasteiger charge is -2.14. The van der Waals surface area contributed by atoms with E-state index in [1.54, 1.807) is 12.1 Å². The molecule has 2 aromatic carbocycles. The average molecular weight is 465 g/mol. The van der Waals surface area contributed by atoms with Gasteiger partial charge in [-0.05, 0) is 42.0 Å². The molecule has 0 atom stereocenters. The number of anilines is 1. The van der Waals surface area contributed by atoms with Crippen LogP contribution in [0.15, 0.2) is 57.9 Å². The predicted molar refractivity (Wildman–Crippen MR) is 114 cm³/mol. The quantitative estimate of drug-likeness (QED) is 0.508. The van der Waals surface area contributed by atoms with Crippen molar-refractivity contribution < 1.29 is 14.0 Å². The molecule has 0 unspecified atom stereocenters. The Labute approximate surface area is 173 Å². The molecule has 0 aromatic heterocycles. The number of hydrogen-bond donors (Lipinski definition) is 1. The summed E-state index contributed by atoms with van der Waals surface area (Å²) in [6, 6.07) is 13.2. The van der Waals surface area contributed by atoms with E-state index in [1.807, 2.05) is 24.3 Å². The van der Waals surface area contributed by atoms with Gasteiger partial charge >= 0.3 is 0 Å². The Morgan fingerprint density at radius 1 is 1.26 bits per heavy atom. The number of nitrogens with one attached hydrogen (secondary N) is 1. The molecule has 1 fully saturated rings. The molecule has 4 nitrogen and oxygen atoms in total. The number of amides is 2. The molecule has 0 aliphatic carbocycles. The van der Waals surface area contributed by atoms with Crippen LogP contribution in [0.3, 0.4) is 0 Å². The van der Waals surface area contributed by atoms with E-state index in [-0.39, 0.29) is 24.8 Å². The van der Waals surface area contributed by atoms with Gasteiger partial charge in [0.15, 0.2) is 0 Å². The Morgan fingerprint density at radius 3 is 2.78 bits per heavy atom. The van der Waals surface area contributed by atoms with E-state index in [9.17, 15) is 14.0 Å². The Balaban J connectivity index is 1.61. The zero-order valence-corrected chi connectivity index (χ0v) is 17.2. The zero-order valence-electron chi connectivity index (χ0n) is 13.9. The van der Waals surface area contributed by atoms with Crippen molar-refractivity contribution in [3.63, 3.8) is 0 Å². The lowest BCUT2D eigenvalue weighted by Crippen LogP contribution is -2.31. The van der Waals surface area contributed by atoms with Gasteiger partial charge in [0.2, 0.25) is 5.91 Å². The number of thiocarbonyl (C=S) groups is 1. The molecule has 27 heavy (non-hydrogen) atoms. The molecule has 1 saturated heterocycles. The van der Waals surface area contributed by atoms with Gasteiger partial charge in [-0.3, -0.25) is 14.5 Å². The van der Waals surface area contributed by atoms with Gasteiger partial charge in [0, 0.05) is 23.1 Å². The van der Waals surface area contributed by atoms with Gasteiger partial charge in [-0.15, -0.1) is 0 Å². The van der Waals surface area contributed by atoms with E-state index in [0.717, 1.165) is 10.0 Å². The maximum atomic E-state index is 13.2. The van der Waals surface area contributed by atoms with E-state index in [1.165, 1.54) is 34.9 Å². The van der Waals surface area contributed by atoms with E-state index in [2.05, 4.69) is 21.2 Å². The van der Waals surface area contributed by atoms with Crippen molar-refractivity contribution in [2.24, 2.45) is 0 Å². The standard InChI is InChI=1S/C19H14BrFN2O2S2/c20-13-4-1-3-12(9-13)10-16-18(25)23(19(26)27-16)8-7-17(24)22-15-6-2-5-14(21)11-15/h1-6,9-11H,7-8H2,(H,22,24). The van der Waals surface area contributed by atoms with Gasteiger partial charge in [-0.1, -0.05) is 58.1 Å². The van der Waals surface area contributed by atoms with Crippen molar-refractivity contribution in [3.05, 3.63) is 69.3 Å². The molecule has 0 saturated carbocycles. The number of carbonyl (C=O) groups excluding carboxylic acids is 2. The van der Waals surface area contributed by atoms with E-state index in [4.69, 9.17) is 12.2 Å². The predicted octanol–water partition coefficient (Wildman–Crippen LogP) is 4.82. The lowest BCUT2D eigenvalue weighted by molar-refractivity contribution is -0.122. The van der Waals surface area contributed by atoms with Gasteiger partial charge in [-0.25, -0.2) is 4.39 Å². The molecule has 138 valence electrons. The Bertz CT molecular complexity index is 949. The summed E-state index contributed by atoms with van der Waals surface area (Å²) in [6.45, 7) is 0.168. The molecule has 0 radical (unpaired) electrons. The summed E-state index contributed by atoms with van der Waals surface area (Å²) in [5.74, 6) is -0.962. The first kappa shape index (κ1) is 19.7. The first-order valence-electron chi connectivity index (χ1n) is 7.99. The second-order valence-corrected chi connectivity index (χ2v) is 8.29. The van der Waals surface area contributed by atoms with Crippen LogP contribution >= 0.6 is 39.9 Å². The third kappa shape index (κ3) is 5.24. The fourth-order valence-corrected chi connectivity index (χ4v) is 4.17. The summed E-state index contributed by atoms with van der Waals surface area (Å²) < 4.78 is 14.5. The van der Waals surface area contributed by atoms with Crippen LogP contribution in [0.4, 0.5) is 10.1 Å². The average Bonchev–Trinajstić information content (AvgIpc) is 2.86. The maximum Gasteiger partial charge on any atom is 0.266 e. The highest BCUT2D eigenvalue weighted by Crippen LogP contribution is 2.33. The fourth-order valence-electron chi connectivity index (χ4n) is 2.44. The van der Waals surface area contributed by atoms with Crippen LogP contribution in [0.1, 0.15) is 12.0 Å². The molecule has 0 spiro atoms. The van der Waals surface area contributed by atoms with E-state index < -0.39 is 5.82 Å². The Kier molecular flexibility index (Phi) is 6.41. The molecule has 2 amide bonds. The summed E-state index contributed by atoms with van der Waals surface area (Å²) in [4.78, 5) is 26.6. The van der Waals surface area contributed by atoms with Crippen molar-refractivity contribution in [3.8, 4) is 0 Å². The van der Waals surface area contributed by atoms with Gasteiger partial charge in [-0.2, -0.15) is 0 Å². The van der Waals surface area contributed by atoms with Gasteiger partial charge in [0.1, 0.15) is 10.1 Å². The van der Waals surface area contributed by atoms with Gasteiger partial charge < -0.3 is 5.32 Å². The summed E-state index contributed by atoms with van der Waals surface area (Å²) >= 11 is 9.88. The lowest BCUT2D eigenvalue weighted by atomic mass is 10.2. The molecule has 8 heteroatoms. The van der Waals surface area contributed by atoms with Crippen LogP contribution < -0.4 is 5.32 Å². The van der Waals surface area contributed by atoms with Crippen LogP contribution in [-0.4, -0.2) is 27.6 Å². The number of thioether (sulfide) groups is 1. The van der Waals surface area contributed by atoms with Crippen molar-refractivity contribution in [2.75, 3.05) is 11.9 Å². The number of carbonyl (C=O) groups is 2. The number of hydrogen-bond acceptors (Lipinski definition) is 4. The van der Waals surface area contributed by atoms with Crippen molar-refractivity contribution in [2.45, 2.75) is 6.42 Å². The largest absolute Gasteiger partial charge is 0.326 e. The topological polar surface area (TPSA) is 49.4 Å². The Hall–Kier alpha value is -2.03. The first-order valence-corrected chi connectivity index (χ1v) is 10.0. The minimum Gasteiger partial charge on any atom is -0.326 e. The van der Waals surface area contributed by atoms with E-state index in [0.29, 0.717) is 14.9 Å². The third-order valence-corrected chi connectivity index (χ3v) is 5.56. The summed E-state index contributed by atoms with van der Waals surface area (Å²) in [5.41, 5.74) is 1.26. The van der Waals surface area contributed by atoms with Gasteiger partial charge in [0.25, 0.3) is 5.91 Å². The Morgan fingerprint density at radius 2 is 2.04 bits per heavy atom. The third-order valence-electron chi connectivity index (χ3n) is 3.69. The number of nitrogens with zero attached hydrogens (tertiary/aromatic N) is 1. The summed E-state index contributed by atoms with van der Waals surface area (Å²) in [7, 11) is 0.